The third-order valence-corrected chi connectivity index (χ3v) is 2.81. The molecule has 0 spiro atoms. The van der Waals surface area contributed by atoms with Gasteiger partial charge in [-0.3, -0.25) is 9.59 Å². The van der Waals surface area contributed by atoms with E-state index in [1.165, 1.54) is 4.90 Å². The summed E-state index contributed by atoms with van der Waals surface area (Å²) >= 11 is 5.09. The Morgan fingerprint density at radius 1 is 1.46 bits per heavy atom. The van der Waals surface area contributed by atoms with Crippen molar-refractivity contribution in [2.45, 2.75) is 26.7 Å². The Morgan fingerprint density at radius 2 is 2.08 bits per heavy atom. The van der Waals surface area contributed by atoms with Gasteiger partial charge in [-0.05, 0) is 13.3 Å². The maximum absolute atomic E-state index is 11.4. The van der Waals surface area contributed by atoms with Gasteiger partial charge in [0.05, 0.1) is 17.3 Å². The van der Waals surface area contributed by atoms with Gasteiger partial charge >= 0.3 is 0 Å². The predicted octanol–water partition coefficient (Wildman–Crippen LogP) is 1.16. The van der Waals surface area contributed by atoms with E-state index in [1.54, 1.807) is 0 Å². The first-order valence-electron chi connectivity index (χ1n) is 4.48. The van der Waals surface area contributed by atoms with E-state index in [-0.39, 0.29) is 24.0 Å². The fourth-order valence-corrected chi connectivity index (χ4v) is 2.08. The van der Waals surface area contributed by atoms with E-state index in [2.05, 4.69) is 0 Å². The maximum Gasteiger partial charge on any atom is 0.234 e. The summed E-state index contributed by atoms with van der Waals surface area (Å²) in [7, 11) is 0. The van der Waals surface area contributed by atoms with Gasteiger partial charge in [0.15, 0.2) is 5.78 Å². The van der Waals surface area contributed by atoms with Crippen molar-refractivity contribution < 1.29 is 9.59 Å². The molecule has 1 saturated heterocycles. The highest BCUT2D eigenvalue weighted by molar-refractivity contribution is 7.80. The van der Waals surface area contributed by atoms with Crippen molar-refractivity contribution in [2.24, 2.45) is 5.92 Å². The van der Waals surface area contributed by atoms with Crippen LogP contribution in [0.15, 0.2) is 0 Å². The van der Waals surface area contributed by atoms with Crippen molar-refractivity contribution in [3.63, 3.8) is 0 Å². The lowest BCUT2D eigenvalue weighted by Crippen LogP contribution is -2.48. The Kier molecular flexibility index (Phi) is 3.14. The average Bonchev–Trinajstić information content (AvgIpc) is 2.04. The Hall–Kier alpha value is -0.770. The fraction of sp³-hybridized carbons (Fsp3) is 0.667. The van der Waals surface area contributed by atoms with Crippen LogP contribution >= 0.6 is 12.2 Å². The standard InChI is InChI=1S/C9H13NO2S/c1-3-6-7(11)5-8(12)10(4-2)9(6)13/h6H,3-5H2,1-2H3. The molecule has 0 aromatic heterocycles. The van der Waals surface area contributed by atoms with Crippen LogP contribution in [0, 0.1) is 5.92 Å². The van der Waals surface area contributed by atoms with E-state index in [0.29, 0.717) is 18.0 Å². The summed E-state index contributed by atoms with van der Waals surface area (Å²) in [6.45, 7) is 4.35. The number of hydrogen-bond acceptors (Lipinski definition) is 3. The zero-order valence-electron chi connectivity index (χ0n) is 7.87. The Labute approximate surface area is 83.1 Å². The van der Waals surface area contributed by atoms with E-state index in [9.17, 15) is 9.59 Å². The highest BCUT2D eigenvalue weighted by Gasteiger charge is 2.35. The summed E-state index contributed by atoms with van der Waals surface area (Å²) in [5, 5.41) is 0. The fourth-order valence-electron chi connectivity index (χ4n) is 1.55. The van der Waals surface area contributed by atoms with Crippen molar-refractivity contribution >= 4 is 28.9 Å². The molecule has 0 N–H and O–H groups in total. The molecule has 0 aromatic rings. The highest BCUT2D eigenvalue weighted by Crippen LogP contribution is 2.19. The molecule has 0 aliphatic carbocycles. The van der Waals surface area contributed by atoms with Crippen LogP contribution in [0.1, 0.15) is 26.7 Å². The number of Topliss-reactive ketones (excluding diaryl/α,β-unsaturated/α-hetero) is 1. The number of thiocarbonyl (C=S) groups is 1. The summed E-state index contributed by atoms with van der Waals surface area (Å²) in [5.74, 6) is -0.392. The first kappa shape index (κ1) is 10.3. The normalized spacial score (nSPS) is 24.0. The maximum atomic E-state index is 11.4. The van der Waals surface area contributed by atoms with Crippen LogP contribution in [0.25, 0.3) is 0 Å². The van der Waals surface area contributed by atoms with Gasteiger partial charge in [-0.1, -0.05) is 19.1 Å². The van der Waals surface area contributed by atoms with Crippen LogP contribution in [0.4, 0.5) is 0 Å². The van der Waals surface area contributed by atoms with E-state index >= 15 is 0 Å². The lowest BCUT2D eigenvalue weighted by Gasteiger charge is -2.30. The molecule has 1 rings (SSSR count). The molecule has 1 fully saturated rings. The SMILES string of the molecule is CCC1C(=O)CC(=O)N(CC)C1=S. The van der Waals surface area contributed by atoms with Gasteiger partial charge < -0.3 is 4.90 Å². The molecule has 3 nitrogen and oxygen atoms in total. The van der Waals surface area contributed by atoms with Crippen molar-refractivity contribution in [1.29, 1.82) is 0 Å². The summed E-state index contributed by atoms with van der Waals surface area (Å²) in [6.07, 6.45) is 0.716. The van der Waals surface area contributed by atoms with E-state index in [0.717, 1.165) is 0 Å². The lowest BCUT2D eigenvalue weighted by molar-refractivity contribution is -0.135. The molecule has 0 aromatic carbocycles. The third kappa shape index (κ3) is 1.77. The molecular weight excluding hydrogens is 186 g/mol. The molecule has 4 heteroatoms. The van der Waals surface area contributed by atoms with Crippen molar-refractivity contribution in [2.75, 3.05) is 6.54 Å². The monoisotopic (exact) mass is 199 g/mol. The summed E-state index contributed by atoms with van der Waals surface area (Å²) in [5.41, 5.74) is 0. The van der Waals surface area contributed by atoms with Gasteiger partial charge in [0.25, 0.3) is 0 Å². The number of carbonyl (C=O) groups excluding carboxylic acids is 2. The second kappa shape index (κ2) is 3.96. The minimum atomic E-state index is -0.215. The number of likely N-dealkylation sites (tertiary alicyclic amines) is 1. The zero-order chi connectivity index (χ0) is 10.0. The minimum Gasteiger partial charge on any atom is -0.306 e. The third-order valence-electron chi connectivity index (χ3n) is 2.30. The number of piperidine rings is 1. The molecule has 1 amide bonds. The molecule has 72 valence electrons. The van der Waals surface area contributed by atoms with Crippen LogP contribution in [0.2, 0.25) is 0 Å². The molecule has 0 saturated carbocycles. The van der Waals surface area contributed by atoms with Gasteiger partial charge in [0, 0.05) is 6.54 Å². The summed E-state index contributed by atoms with van der Waals surface area (Å²) < 4.78 is 0. The quantitative estimate of drug-likeness (QED) is 0.495. The largest absolute Gasteiger partial charge is 0.306 e. The molecule has 1 aliphatic heterocycles. The Morgan fingerprint density at radius 3 is 2.54 bits per heavy atom. The van der Waals surface area contributed by atoms with Crippen molar-refractivity contribution in [1.82, 2.24) is 4.90 Å². The lowest BCUT2D eigenvalue weighted by atomic mass is 9.93. The van der Waals surface area contributed by atoms with E-state index < -0.39 is 0 Å². The van der Waals surface area contributed by atoms with Crippen LogP contribution < -0.4 is 0 Å². The second-order valence-electron chi connectivity index (χ2n) is 3.08. The van der Waals surface area contributed by atoms with Gasteiger partial charge in [-0.15, -0.1) is 0 Å². The number of amides is 1. The summed E-state index contributed by atoms with van der Waals surface area (Å²) in [6, 6.07) is 0. The van der Waals surface area contributed by atoms with Crippen LogP contribution in [0.5, 0.6) is 0 Å². The Balaban J connectivity index is 2.87. The molecular formula is C9H13NO2S. The number of carbonyl (C=O) groups is 2. The number of hydrogen-bond donors (Lipinski definition) is 0. The molecule has 1 heterocycles. The number of rotatable bonds is 2. The van der Waals surface area contributed by atoms with Crippen molar-refractivity contribution in [3.05, 3.63) is 0 Å². The van der Waals surface area contributed by atoms with E-state index in [1.807, 2.05) is 13.8 Å². The zero-order valence-corrected chi connectivity index (χ0v) is 8.69. The minimum absolute atomic E-state index is 0.0203. The molecule has 0 bridgehead atoms. The first-order valence-corrected chi connectivity index (χ1v) is 4.89. The van der Waals surface area contributed by atoms with Gasteiger partial charge in [-0.2, -0.15) is 0 Å². The van der Waals surface area contributed by atoms with Gasteiger partial charge in [0.2, 0.25) is 5.91 Å². The van der Waals surface area contributed by atoms with Gasteiger partial charge in [-0.25, -0.2) is 0 Å². The van der Waals surface area contributed by atoms with Crippen LogP contribution in [-0.4, -0.2) is 28.1 Å². The van der Waals surface area contributed by atoms with Crippen LogP contribution in [0.3, 0.4) is 0 Å². The first-order chi connectivity index (χ1) is 6.11. The van der Waals surface area contributed by atoms with Crippen LogP contribution in [-0.2, 0) is 9.59 Å². The van der Waals surface area contributed by atoms with Crippen molar-refractivity contribution in [3.8, 4) is 0 Å². The Bertz CT molecular complexity index is 238. The molecule has 1 aliphatic rings. The second-order valence-corrected chi connectivity index (χ2v) is 3.50. The molecule has 1 atom stereocenters. The molecule has 13 heavy (non-hydrogen) atoms. The molecule has 0 radical (unpaired) electrons. The number of ketones is 1. The molecule has 1 unspecified atom stereocenters. The van der Waals surface area contributed by atoms with Gasteiger partial charge in [0.1, 0.15) is 0 Å². The summed E-state index contributed by atoms with van der Waals surface area (Å²) in [4.78, 5) is 24.7. The predicted molar refractivity (Wildman–Crippen MR) is 53.4 cm³/mol. The smallest absolute Gasteiger partial charge is 0.234 e. The highest BCUT2D eigenvalue weighted by atomic mass is 32.1. The topological polar surface area (TPSA) is 37.4 Å². The number of nitrogens with zero attached hydrogens (tertiary/aromatic N) is 1. The van der Waals surface area contributed by atoms with E-state index in [4.69, 9.17) is 12.2 Å². The average molecular weight is 199 g/mol.